The lowest BCUT2D eigenvalue weighted by atomic mass is 10.0. The van der Waals surface area contributed by atoms with E-state index in [0.29, 0.717) is 0 Å². The lowest BCUT2D eigenvalue weighted by molar-refractivity contribution is -0.123. The number of nitrogens with zero attached hydrogens (tertiary/aromatic N) is 1. The molecule has 1 aromatic carbocycles. The third-order valence-electron chi connectivity index (χ3n) is 3.62. The summed E-state index contributed by atoms with van der Waals surface area (Å²) < 4.78 is 5.37. The van der Waals surface area contributed by atoms with Gasteiger partial charge in [-0.15, -0.1) is 0 Å². The minimum absolute atomic E-state index is 0.0984. The molecule has 1 aliphatic rings. The van der Waals surface area contributed by atoms with Crippen LogP contribution in [-0.4, -0.2) is 33.2 Å². The summed E-state index contributed by atoms with van der Waals surface area (Å²) >= 11 is 0. The number of benzene rings is 1. The molecular weight excluding hydrogens is 228 g/mol. The van der Waals surface area contributed by atoms with Crippen LogP contribution in [0, 0.1) is 19.8 Å². The summed E-state index contributed by atoms with van der Waals surface area (Å²) in [7, 11) is 3.45. The number of methoxy groups -OCH3 is 1. The molecule has 1 N–H and O–H groups in total. The lowest BCUT2D eigenvalue weighted by Crippen LogP contribution is -2.51. The standard InChI is InChI=1S/C14H20N2O2/c1-9-5-12(13(18-4)6-10(9)2)16(3)14(17)11-7-15-8-11/h5-6,11,15H,7-8H2,1-4H3. The van der Waals surface area contributed by atoms with Crippen molar-refractivity contribution in [3.8, 4) is 5.75 Å². The van der Waals surface area contributed by atoms with Gasteiger partial charge < -0.3 is 15.0 Å². The van der Waals surface area contributed by atoms with E-state index in [2.05, 4.69) is 5.32 Å². The smallest absolute Gasteiger partial charge is 0.232 e. The maximum absolute atomic E-state index is 12.2. The van der Waals surface area contributed by atoms with Crippen LogP contribution in [0.3, 0.4) is 0 Å². The minimum Gasteiger partial charge on any atom is -0.495 e. The molecule has 18 heavy (non-hydrogen) atoms. The van der Waals surface area contributed by atoms with Gasteiger partial charge in [-0.1, -0.05) is 0 Å². The predicted octanol–water partition coefficient (Wildman–Crippen LogP) is 1.49. The van der Waals surface area contributed by atoms with Crippen molar-refractivity contribution in [3.05, 3.63) is 23.3 Å². The summed E-state index contributed by atoms with van der Waals surface area (Å²) in [4.78, 5) is 13.9. The fourth-order valence-corrected chi connectivity index (χ4v) is 2.06. The average Bonchev–Trinajstić information content (AvgIpc) is 2.28. The van der Waals surface area contributed by atoms with Gasteiger partial charge in [0.1, 0.15) is 5.75 Å². The van der Waals surface area contributed by atoms with Gasteiger partial charge >= 0.3 is 0 Å². The number of carbonyl (C=O) groups excluding carboxylic acids is 1. The summed E-state index contributed by atoms with van der Waals surface area (Å²) in [5.74, 6) is 0.998. The Hall–Kier alpha value is -1.55. The number of aryl methyl sites for hydroxylation is 2. The van der Waals surface area contributed by atoms with Crippen molar-refractivity contribution in [1.82, 2.24) is 5.32 Å². The fourth-order valence-electron chi connectivity index (χ4n) is 2.06. The Balaban J connectivity index is 2.30. The zero-order valence-electron chi connectivity index (χ0n) is 11.4. The normalized spacial score (nSPS) is 15.1. The monoisotopic (exact) mass is 248 g/mol. The Morgan fingerprint density at radius 3 is 2.44 bits per heavy atom. The summed E-state index contributed by atoms with van der Waals surface area (Å²) in [5, 5.41) is 3.12. The molecule has 0 aliphatic carbocycles. The van der Waals surface area contributed by atoms with Gasteiger partial charge in [0.05, 0.1) is 18.7 Å². The van der Waals surface area contributed by atoms with Crippen LogP contribution in [0.25, 0.3) is 0 Å². The van der Waals surface area contributed by atoms with Crippen LogP contribution in [0.1, 0.15) is 11.1 Å². The molecule has 0 atom stereocenters. The number of ether oxygens (including phenoxy) is 1. The van der Waals surface area contributed by atoms with E-state index in [1.807, 2.05) is 33.0 Å². The molecule has 0 saturated carbocycles. The summed E-state index contributed by atoms with van der Waals surface area (Å²) in [5.41, 5.74) is 3.18. The van der Waals surface area contributed by atoms with E-state index in [0.717, 1.165) is 30.1 Å². The highest BCUT2D eigenvalue weighted by atomic mass is 16.5. The highest BCUT2D eigenvalue weighted by Crippen LogP contribution is 2.31. The van der Waals surface area contributed by atoms with Crippen LogP contribution < -0.4 is 15.0 Å². The van der Waals surface area contributed by atoms with Crippen LogP contribution in [0.4, 0.5) is 5.69 Å². The number of hydrogen-bond acceptors (Lipinski definition) is 3. The molecule has 1 aliphatic heterocycles. The van der Waals surface area contributed by atoms with Crippen molar-refractivity contribution in [1.29, 1.82) is 0 Å². The van der Waals surface area contributed by atoms with Crippen LogP contribution in [0.2, 0.25) is 0 Å². The largest absolute Gasteiger partial charge is 0.495 e. The molecule has 0 unspecified atom stereocenters. The topological polar surface area (TPSA) is 41.6 Å². The van der Waals surface area contributed by atoms with Crippen molar-refractivity contribution in [2.75, 3.05) is 32.1 Å². The molecule has 1 amide bonds. The average molecular weight is 248 g/mol. The Bertz CT molecular complexity index is 467. The van der Waals surface area contributed by atoms with Gasteiger partial charge in [0.2, 0.25) is 5.91 Å². The second-order valence-electron chi connectivity index (χ2n) is 4.86. The van der Waals surface area contributed by atoms with E-state index in [9.17, 15) is 4.79 Å². The number of rotatable bonds is 3. The number of anilines is 1. The van der Waals surface area contributed by atoms with E-state index in [4.69, 9.17) is 4.74 Å². The molecule has 0 radical (unpaired) electrons. The van der Waals surface area contributed by atoms with Crippen molar-refractivity contribution in [2.24, 2.45) is 5.92 Å². The first-order chi connectivity index (χ1) is 8.54. The SMILES string of the molecule is COc1cc(C)c(C)cc1N(C)C(=O)C1CNC1. The third kappa shape index (κ3) is 2.20. The Kier molecular flexibility index (Phi) is 3.57. The van der Waals surface area contributed by atoms with Gasteiger partial charge in [0.25, 0.3) is 0 Å². The lowest BCUT2D eigenvalue weighted by Gasteiger charge is -2.31. The van der Waals surface area contributed by atoms with E-state index >= 15 is 0 Å². The molecule has 4 nitrogen and oxygen atoms in total. The van der Waals surface area contributed by atoms with Crippen molar-refractivity contribution in [2.45, 2.75) is 13.8 Å². The molecule has 1 saturated heterocycles. The first-order valence-corrected chi connectivity index (χ1v) is 6.18. The van der Waals surface area contributed by atoms with Crippen molar-refractivity contribution < 1.29 is 9.53 Å². The van der Waals surface area contributed by atoms with Crippen molar-refractivity contribution >= 4 is 11.6 Å². The highest BCUT2D eigenvalue weighted by molar-refractivity contribution is 5.96. The number of amides is 1. The van der Waals surface area contributed by atoms with E-state index in [1.54, 1.807) is 12.0 Å². The summed E-state index contributed by atoms with van der Waals surface area (Å²) in [6, 6.07) is 3.99. The van der Waals surface area contributed by atoms with E-state index < -0.39 is 0 Å². The van der Waals surface area contributed by atoms with E-state index in [-0.39, 0.29) is 11.8 Å². The third-order valence-corrected chi connectivity index (χ3v) is 3.62. The molecule has 1 aromatic rings. The molecule has 1 heterocycles. The first kappa shape index (κ1) is 12.9. The van der Waals surface area contributed by atoms with Crippen LogP contribution in [0.5, 0.6) is 5.75 Å². The molecule has 1 fully saturated rings. The number of nitrogens with one attached hydrogen (secondary N) is 1. The second-order valence-corrected chi connectivity index (χ2v) is 4.86. The highest BCUT2D eigenvalue weighted by Gasteiger charge is 2.29. The quantitative estimate of drug-likeness (QED) is 0.881. The fraction of sp³-hybridized carbons (Fsp3) is 0.500. The molecular formula is C14H20N2O2. The molecule has 0 aromatic heterocycles. The Morgan fingerprint density at radius 2 is 1.94 bits per heavy atom. The zero-order valence-corrected chi connectivity index (χ0v) is 11.4. The molecule has 2 rings (SSSR count). The van der Waals surface area contributed by atoms with Gasteiger partial charge in [0, 0.05) is 20.1 Å². The second kappa shape index (κ2) is 4.98. The molecule has 0 spiro atoms. The van der Waals surface area contributed by atoms with Crippen LogP contribution in [-0.2, 0) is 4.79 Å². The maximum Gasteiger partial charge on any atom is 0.232 e. The summed E-state index contributed by atoms with van der Waals surface area (Å²) in [6.07, 6.45) is 0. The van der Waals surface area contributed by atoms with Gasteiger partial charge in [-0.3, -0.25) is 4.79 Å². The number of hydrogen-bond donors (Lipinski definition) is 1. The maximum atomic E-state index is 12.2. The predicted molar refractivity (Wildman–Crippen MR) is 72.2 cm³/mol. The molecule has 4 heteroatoms. The van der Waals surface area contributed by atoms with Gasteiger partial charge in [-0.05, 0) is 37.1 Å². The first-order valence-electron chi connectivity index (χ1n) is 6.18. The van der Waals surface area contributed by atoms with Gasteiger partial charge in [0.15, 0.2) is 0 Å². The number of carbonyl (C=O) groups is 1. The van der Waals surface area contributed by atoms with Crippen LogP contribution >= 0.6 is 0 Å². The Morgan fingerprint density at radius 1 is 1.33 bits per heavy atom. The Labute approximate surface area is 108 Å². The van der Waals surface area contributed by atoms with Gasteiger partial charge in [-0.25, -0.2) is 0 Å². The van der Waals surface area contributed by atoms with Crippen molar-refractivity contribution in [3.63, 3.8) is 0 Å². The summed E-state index contributed by atoms with van der Waals surface area (Å²) in [6.45, 7) is 5.63. The minimum atomic E-state index is 0.0984. The molecule has 98 valence electrons. The van der Waals surface area contributed by atoms with Crippen LogP contribution in [0.15, 0.2) is 12.1 Å². The van der Waals surface area contributed by atoms with Gasteiger partial charge in [-0.2, -0.15) is 0 Å². The zero-order chi connectivity index (χ0) is 13.3. The molecule has 0 bridgehead atoms. The van der Waals surface area contributed by atoms with E-state index in [1.165, 1.54) is 5.56 Å².